The third-order valence-electron chi connectivity index (χ3n) is 8.57. The molecule has 1 aromatic carbocycles. The minimum absolute atomic E-state index is 0.0278. The summed E-state index contributed by atoms with van der Waals surface area (Å²) in [6.45, 7) is 0.417. The Balaban J connectivity index is 1.19. The number of aliphatic hydroxyl groups excluding tert-OH is 2. The van der Waals surface area contributed by atoms with Crippen molar-refractivity contribution in [2.75, 3.05) is 56.8 Å². The molecule has 338 valence electrons. The lowest BCUT2D eigenvalue weighted by Crippen LogP contribution is -2.46. The normalized spacial score (nSPS) is 20.9. The Hall–Kier alpha value is -3.68. The number of fused-ring (bicyclic) bond motifs is 1. The second-order valence-electron chi connectivity index (χ2n) is 14.1. The van der Waals surface area contributed by atoms with Crippen molar-refractivity contribution < 1.29 is 80.5 Å². The first-order valence-electron chi connectivity index (χ1n) is 17.9. The first-order chi connectivity index (χ1) is 28.4. The highest BCUT2D eigenvalue weighted by atomic mass is 32.2. The number of phosphoric ester groups is 3. The maximum absolute atomic E-state index is 12.7. The van der Waals surface area contributed by atoms with Gasteiger partial charge in [-0.1, -0.05) is 43.8 Å². The van der Waals surface area contributed by atoms with E-state index in [0.29, 0.717) is 0 Å². The number of thioether (sulfide) groups is 1. The summed E-state index contributed by atoms with van der Waals surface area (Å²) in [5.41, 5.74) is 6.12. The maximum atomic E-state index is 12.7. The molecule has 3 aromatic rings. The van der Waals surface area contributed by atoms with E-state index in [0.717, 1.165) is 40.2 Å². The predicted octanol–water partition coefficient (Wildman–Crippen LogP) is 0.444. The van der Waals surface area contributed by atoms with Crippen molar-refractivity contribution in [3.05, 3.63) is 48.6 Å². The minimum atomic E-state index is -5.58. The number of hydrogen-bond acceptors (Lipinski definition) is 19. The molecule has 1 fully saturated rings. The largest absolute Gasteiger partial charge is 0.481 e. The van der Waals surface area contributed by atoms with Crippen molar-refractivity contribution in [2.24, 2.45) is 5.41 Å². The van der Waals surface area contributed by atoms with Crippen molar-refractivity contribution in [1.29, 1.82) is 0 Å². The summed E-state index contributed by atoms with van der Waals surface area (Å²) < 4.78 is 62.2. The molecule has 25 nitrogen and oxygen atoms in total. The first kappa shape index (κ1) is 50.0. The standard InChI is InChI=1S/C32H47N8O17P3S/c1-32(2,27(44)30(45)35-12-11-22(41)34-13-14-61-23(42)10-7-19-5-8-20(9-6-19)39(3)4)16-54-60(51,52)57-59(49,50)53-15-21-26(56-58(46,47)48)25(43)31(55-21)40-18-38-24-28(33)36-17-37-29(24)40/h5-10,17-18,21,25-27,31,43-44H,11-16H2,1-4H3,(H,34,41)(H,35,45)(H,49,50)(H,51,52)(H2,33,36,37)(H2,46,47,48)/b10-7+/t21-,25+,26-,27+,31+/m0/s1. The Bertz CT molecular complexity index is 2190. The molecule has 61 heavy (non-hydrogen) atoms. The van der Waals surface area contributed by atoms with Gasteiger partial charge in [0.25, 0.3) is 0 Å². The predicted molar refractivity (Wildman–Crippen MR) is 217 cm³/mol. The number of ether oxygens (including phenoxy) is 1. The molecule has 1 saturated heterocycles. The lowest BCUT2D eigenvalue weighted by Gasteiger charge is -2.30. The molecule has 3 heterocycles. The summed E-state index contributed by atoms with van der Waals surface area (Å²) in [6.07, 6.45) is -3.86. The number of imidazole rings is 1. The third-order valence-corrected chi connectivity index (χ3v) is 12.5. The van der Waals surface area contributed by atoms with E-state index in [9.17, 15) is 57.9 Å². The Labute approximate surface area is 352 Å². The molecule has 2 aromatic heterocycles. The number of rotatable bonds is 22. The van der Waals surface area contributed by atoms with Gasteiger partial charge in [0.1, 0.15) is 36.3 Å². The number of anilines is 2. The van der Waals surface area contributed by atoms with E-state index < -0.39 is 84.6 Å². The number of carbonyl (C=O) groups excluding carboxylic acids is 3. The number of nitrogen functional groups attached to an aromatic ring is 1. The Morgan fingerprint density at radius 3 is 2.36 bits per heavy atom. The molecule has 10 N–H and O–H groups in total. The van der Waals surface area contributed by atoms with Crippen LogP contribution in [0, 0.1) is 5.41 Å². The number of aliphatic hydroxyl groups is 2. The number of nitrogens with one attached hydrogen (secondary N) is 2. The van der Waals surface area contributed by atoms with Gasteiger partial charge in [-0.3, -0.25) is 32.5 Å². The number of nitrogens with zero attached hydrogens (tertiary/aromatic N) is 5. The van der Waals surface area contributed by atoms with Crippen LogP contribution < -0.4 is 21.3 Å². The lowest BCUT2D eigenvalue weighted by molar-refractivity contribution is -0.137. The molecule has 0 bridgehead atoms. The molecule has 1 aliphatic heterocycles. The van der Waals surface area contributed by atoms with Crippen LogP contribution >= 0.6 is 35.2 Å². The molecular weight excluding hydrogens is 893 g/mol. The molecule has 2 amide bonds. The number of aromatic nitrogens is 4. The number of amides is 2. The van der Waals surface area contributed by atoms with Crippen molar-refractivity contribution in [3.63, 3.8) is 0 Å². The minimum Gasteiger partial charge on any atom is -0.386 e. The van der Waals surface area contributed by atoms with Crippen LogP contribution in [-0.4, -0.2) is 137 Å². The zero-order valence-electron chi connectivity index (χ0n) is 33.0. The molecule has 4 rings (SSSR count). The third kappa shape index (κ3) is 15.0. The van der Waals surface area contributed by atoms with Crippen molar-refractivity contribution in [2.45, 2.75) is 50.9 Å². The fourth-order valence-corrected chi connectivity index (χ4v) is 8.78. The average molecular weight is 941 g/mol. The molecule has 0 spiro atoms. The van der Waals surface area contributed by atoms with Crippen LogP contribution in [0.25, 0.3) is 17.2 Å². The van der Waals surface area contributed by atoms with Gasteiger partial charge in [0, 0.05) is 50.5 Å². The highest BCUT2D eigenvalue weighted by Gasteiger charge is 2.50. The quantitative estimate of drug-likeness (QED) is 0.0375. The number of carbonyl (C=O) groups is 3. The zero-order chi connectivity index (χ0) is 45.3. The van der Waals surface area contributed by atoms with E-state index in [4.69, 9.17) is 19.5 Å². The highest BCUT2D eigenvalue weighted by Crippen LogP contribution is 2.61. The number of nitrogens with two attached hydrogens (primary N) is 1. The van der Waals surface area contributed by atoms with Gasteiger partial charge >= 0.3 is 23.5 Å². The van der Waals surface area contributed by atoms with E-state index in [-0.39, 0.29) is 47.4 Å². The van der Waals surface area contributed by atoms with Gasteiger partial charge in [0.15, 0.2) is 17.7 Å². The van der Waals surface area contributed by atoms with E-state index in [2.05, 4.69) is 34.4 Å². The van der Waals surface area contributed by atoms with Gasteiger partial charge in [-0.05, 0) is 23.8 Å². The molecule has 0 saturated carbocycles. The van der Waals surface area contributed by atoms with E-state index >= 15 is 0 Å². The van der Waals surface area contributed by atoms with Crippen LogP contribution in [0.4, 0.5) is 11.5 Å². The lowest BCUT2D eigenvalue weighted by atomic mass is 9.87. The van der Waals surface area contributed by atoms with Crippen molar-refractivity contribution >= 4 is 80.9 Å². The van der Waals surface area contributed by atoms with E-state index in [1.54, 1.807) is 6.08 Å². The molecule has 0 radical (unpaired) electrons. The summed E-state index contributed by atoms with van der Waals surface area (Å²) in [4.78, 5) is 90.0. The van der Waals surface area contributed by atoms with Crippen LogP contribution in [0.15, 0.2) is 43.0 Å². The highest BCUT2D eigenvalue weighted by molar-refractivity contribution is 8.14. The van der Waals surface area contributed by atoms with Crippen LogP contribution in [0.2, 0.25) is 0 Å². The Kier molecular flexibility index (Phi) is 17.3. The summed E-state index contributed by atoms with van der Waals surface area (Å²) in [5, 5.41) is 26.2. The van der Waals surface area contributed by atoms with Gasteiger partial charge in [-0.15, -0.1) is 0 Å². The number of phosphoric acid groups is 3. The zero-order valence-corrected chi connectivity index (χ0v) is 36.5. The number of benzene rings is 1. The number of hydrogen-bond donors (Lipinski definition) is 9. The van der Waals surface area contributed by atoms with E-state index in [1.807, 2.05) is 43.3 Å². The average Bonchev–Trinajstić information content (AvgIpc) is 3.73. The van der Waals surface area contributed by atoms with Gasteiger partial charge in [-0.25, -0.2) is 28.6 Å². The van der Waals surface area contributed by atoms with Crippen LogP contribution in [-0.2, 0) is 50.7 Å². The second kappa shape index (κ2) is 21.1. The van der Waals surface area contributed by atoms with Gasteiger partial charge in [0.05, 0.1) is 19.5 Å². The Morgan fingerprint density at radius 2 is 1.70 bits per heavy atom. The summed E-state index contributed by atoms with van der Waals surface area (Å²) >= 11 is 1.00. The first-order valence-corrected chi connectivity index (χ1v) is 23.4. The van der Waals surface area contributed by atoms with Gasteiger partial charge in [-0.2, -0.15) is 4.31 Å². The summed E-state index contributed by atoms with van der Waals surface area (Å²) in [7, 11) is -12.6. The smallest absolute Gasteiger partial charge is 0.386 e. The van der Waals surface area contributed by atoms with E-state index in [1.165, 1.54) is 19.9 Å². The van der Waals surface area contributed by atoms with Crippen LogP contribution in [0.1, 0.15) is 32.1 Å². The molecule has 1 aliphatic rings. The molecule has 29 heteroatoms. The van der Waals surface area contributed by atoms with Crippen molar-refractivity contribution in [3.8, 4) is 0 Å². The second-order valence-corrected chi connectivity index (χ2v) is 19.4. The summed E-state index contributed by atoms with van der Waals surface area (Å²) in [6, 6.07) is 7.60. The van der Waals surface area contributed by atoms with Crippen LogP contribution in [0.3, 0.4) is 0 Å². The fraction of sp³-hybridized carbons (Fsp3) is 0.500. The molecule has 0 aliphatic carbocycles. The monoisotopic (exact) mass is 940 g/mol. The fourth-order valence-electron chi connectivity index (χ4n) is 5.38. The SMILES string of the molecule is CN(C)c1ccc(/C=C/C(=O)SCCNC(=O)CCNC(=O)[C@@H](O)C(C)(C)COP(=O)(O)OP(=O)(O)OC[C@@H]2O[C@@H](n3cnc4c(N)ncnc43)[C@H](O)[C@H]2OP(=O)(O)O)cc1. The summed E-state index contributed by atoms with van der Waals surface area (Å²) in [5.74, 6) is -1.20. The Morgan fingerprint density at radius 1 is 1.03 bits per heavy atom. The van der Waals surface area contributed by atoms with Crippen molar-refractivity contribution in [1.82, 2.24) is 30.2 Å². The molecular formula is C32H47N8O17P3S. The van der Waals surface area contributed by atoms with Gasteiger partial charge < -0.3 is 55.8 Å². The van der Waals surface area contributed by atoms with Gasteiger partial charge in [0.2, 0.25) is 16.9 Å². The topological polar surface area (TPSA) is 367 Å². The molecule has 7 atom stereocenters. The maximum Gasteiger partial charge on any atom is 0.481 e. The van der Waals surface area contributed by atoms with Crippen LogP contribution in [0.5, 0.6) is 0 Å². The molecule has 2 unspecified atom stereocenters.